The van der Waals surface area contributed by atoms with Crippen LogP contribution in [0.4, 0.5) is 11.4 Å². The molecule has 2 aromatic carbocycles. The SMILES string of the molecule is CC(=O)Nc1cccc(CN(c2ccccc2C)C(C)C)c1. The fraction of sp³-hybridized carbons (Fsp3) is 0.316. The first-order chi connectivity index (χ1) is 10.5. The monoisotopic (exact) mass is 296 g/mol. The van der Waals surface area contributed by atoms with Gasteiger partial charge in [0.05, 0.1) is 0 Å². The molecule has 1 N–H and O–H groups in total. The van der Waals surface area contributed by atoms with Crippen molar-refractivity contribution < 1.29 is 4.79 Å². The first-order valence-corrected chi connectivity index (χ1v) is 7.66. The van der Waals surface area contributed by atoms with E-state index in [1.807, 2.05) is 18.2 Å². The summed E-state index contributed by atoms with van der Waals surface area (Å²) in [6, 6.07) is 16.9. The molecule has 0 unspecified atom stereocenters. The molecule has 0 saturated carbocycles. The van der Waals surface area contributed by atoms with Crippen molar-refractivity contribution in [2.75, 3.05) is 10.2 Å². The van der Waals surface area contributed by atoms with Crippen LogP contribution in [0, 0.1) is 6.92 Å². The summed E-state index contributed by atoms with van der Waals surface area (Å²) in [6.45, 7) is 8.88. The van der Waals surface area contributed by atoms with Crippen molar-refractivity contribution in [1.82, 2.24) is 0 Å². The van der Waals surface area contributed by atoms with E-state index in [0.717, 1.165) is 12.2 Å². The van der Waals surface area contributed by atoms with E-state index in [4.69, 9.17) is 0 Å². The van der Waals surface area contributed by atoms with Gasteiger partial charge in [-0.25, -0.2) is 0 Å². The van der Waals surface area contributed by atoms with E-state index in [1.165, 1.54) is 23.7 Å². The van der Waals surface area contributed by atoms with Crippen molar-refractivity contribution in [2.45, 2.75) is 40.3 Å². The lowest BCUT2D eigenvalue weighted by molar-refractivity contribution is -0.114. The number of para-hydroxylation sites is 1. The van der Waals surface area contributed by atoms with Gasteiger partial charge in [-0.2, -0.15) is 0 Å². The summed E-state index contributed by atoms with van der Waals surface area (Å²) in [4.78, 5) is 13.6. The van der Waals surface area contributed by atoms with Crippen molar-refractivity contribution in [3.63, 3.8) is 0 Å². The van der Waals surface area contributed by atoms with Gasteiger partial charge < -0.3 is 10.2 Å². The van der Waals surface area contributed by atoms with E-state index in [1.54, 1.807) is 0 Å². The number of amides is 1. The zero-order valence-electron chi connectivity index (χ0n) is 13.8. The number of rotatable bonds is 5. The maximum Gasteiger partial charge on any atom is 0.221 e. The normalized spacial score (nSPS) is 10.6. The van der Waals surface area contributed by atoms with Gasteiger partial charge in [0.1, 0.15) is 0 Å². The van der Waals surface area contributed by atoms with Crippen molar-refractivity contribution in [2.24, 2.45) is 0 Å². The maximum absolute atomic E-state index is 11.2. The molecule has 0 aromatic heterocycles. The molecule has 0 radical (unpaired) electrons. The molecule has 1 amide bonds. The zero-order valence-corrected chi connectivity index (χ0v) is 13.8. The van der Waals surface area contributed by atoms with Gasteiger partial charge in [0.25, 0.3) is 0 Å². The third-order valence-electron chi connectivity index (χ3n) is 3.65. The van der Waals surface area contributed by atoms with Gasteiger partial charge >= 0.3 is 0 Å². The smallest absolute Gasteiger partial charge is 0.221 e. The van der Waals surface area contributed by atoms with Crippen molar-refractivity contribution in [3.05, 3.63) is 59.7 Å². The number of anilines is 2. The summed E-state index contributed by atoms with van der Waals surface area (Å²) >= 11 is 0. The Balaban J connectivity index is 2.25. The summed E-state index contributed by atoms with van der Waals surface area (Å²) in [6.07, 6.45) is 0. The van der Waals surface area contributed by atoms with Crippen molar-refractivity contribution >= 4 is 17.3 Å². The maximum atomic E-state index is 11.2. The number of carbonyl (C=O) groups excluding carboxylic acids is 1. The van der Waals surface area contributed by atoms with E-state index in [0.29, 0.717) is 6.04 Å². The van der Waals surface area contributed by atoms with Crippen LogP contribution in [-0.4, -0.2) is 11.9 Å². The Labute approximate surface area is 133 Å². The molecule has 3 heteroatoms. The summed E-state index contributed by atoms with van der Waals surface area (Å²) in [7, 11) is 0. The number of carbonyl (C=O) groups is 1. The van der Waals surface area contributed by atoms with Crippen LogP contribution in [0.5, 0.6) is 0 Å². The van der Waals surface area contributed by atoms with Crippen molar-refractivity contribution in [3.8, 4) is 0 Å². The molecule has 22 heavy (non-hydrogen) atoms. The molecule has 2 aromatic rings. The Morgan fingerprint density at radius 1 is 1.14 bits per heavy atom. The molecule has 3 nitrogen and oxygen atoms in total. The van der Waals surface area contributed by atoms with E-state index in [-0.39, 0.29) is 5.91 Å². The van der Waals surface area contributed by atoms with E-state index < -0.39 is 0 Å². The predicted molar refractivity (Wildman–Crippen MR) is 93.2 cm³/mol. The topological polar surface area (TPSA) is 32.3 Å². The summed E-state index contributed by atoms with van der Waals surface area (Å²) < 4.78 is 0. The van der Waals surface area contributed by atoms with Gasteiger partial charge in [0.2, 0.25) is 5.91 Å². The van der Waals surface area contributed by atoms with Crippen LogP contribution in [0.2, 0.25) is 0 Å². The Morgan fingerprint density at radius 3 is 2.50 bits per heavy atom. The summed E-state index contributed by atoms with van der Waals surface area (Å²) in [5, 5.41) is 2.84. The summed E-state index contributed by atoms with van der Waals surface area (Å²) in [5.74, 6) is -0.0447. The highest BCUT2D eigenvalue weighted by Gasteiger charge is 2.13. The lowest BCUT2D eigenvalue weighted by Gasteiger charge is -2.30. The van der Waals surface area contributed by atoms with E-state index in [9.17, 15) is 4.79 Å². The predicted octanol–water partition coefficient (Wildman–Crippen LogP) is 4.37. The second-order valence-corrected chi connectivity index (χ2v) is 5.89. The Hall–Kier alpha value is -2.29. The molecule has 0 saturated heterocycles. The van der Waals surface area contributed by atoms with Gasteiger partial charge in [0.15, 0.2) is 0 Å². The highest BCUT2D eigenvalue weighted by Crippen LogP contribution is 2.24. The molecule has 2 rings (SSSR count). The van der Waals surface area contributed by atoms with Gasteiger partial charge in [-0.05, 0) is 50.1 Å². The summed E-state index contributed by atoms with van der Waals surface area (Å²) in [5.41, 5.74) is 4.55. The molecule has 0 spiro atoms. The second-order valence-electron chi connectivity index (χ2n) is 5.89. The molecular formula is C19H24N2O. The average Bonchev–Trinajstić information content (AvgIpc) is 2.45. The van der Waals surface area contributed by atoms with Crippen LogP contribution in [0.3, 0.4) is 0 Å². The highest BCUT2D eigenvalue weighted by atomic mass is 16.1. The first-order valence-electron chi connectivity index (χ1n) is 7.66. The minimum atomic E-state index is -0.0447. The van der Waals surface area contributed by atoms with Crippen LogP contribution >= 0.6 is 0 Å². The van der Waals surface area contributed by atoms with Crippen molar-refractivity contribution in [1.29, 1.82) is 0 Å². The van der Waals surface area contributed by atoms with Crippen LogP contribution < -0.4 is 10.2 Å². The third-order valence-corrected chi connectivity index (χ3v) is 3.65. The van der Waals surface area contributed by atoms with Crippen LogP contribution in [0.1, 0.15) is 31.9 Å². The highest BCUT2D eigenvalue weighted by molar-refractivity contribution is 5.88. The average molecular weight is 296 g/mol. The largest absolute Gasteiger partial charge is 0.365 e. The second kappa shape index (κ2) is 7.12. The molecule has 0 aliphatic heterocycles. The number of nitrogens with zero attached hydrogens (tertiary/aromatic N) is 1. The van der Waals surface area contributed by atoms with Crippen LogP contribution in [0.25, 0.3) is 0 Å². The fourth-order valence-corrected chi connectivity index (χ4v) is 2.58. The molecule has 0 bridgehead atoms. The van der Waals surface area contributed by atoms with Gasteiger partial charge in [-0.3, -0.25) is 4.79 Å². The lowest BCUT2D eigenvalue weighted by atomic mass is 10.1. The number of hydrogen-bond donors (Lipinski definition) is 1. The standard InChI is InChI=1S/C19H24N2O/c1-14(2)21(19-11-6-5-8-15(19)3)13-17-9-7-10-18(12-17)20-16(4)22/h5-12,14H,13H2,1-4H3,(H,20,22). The van der Waals surface area contributed by atoms with Crippen LogP contribution in [0.15, 0.2) is 48.5 Å². The molecule has 116 valence electrons. The minimum absolute atomic E-state index is 0.0447. The number of nitrogens with one attached hydrogen (secondary N) is 1. The fourth-order valence-electron chi connectivity index (χ4n) is 2.58. The zero-order chi connectivity index (χ0) is 16.1. The van der Waals surface area contributed by atoms with Gasteiger partial charge in [-0.1, -0.05) is 30.3 Å². The number of benzene rings is 2. The molecule has 0 heterocycles. The third kappa shape index (κ3) is 4.10. The first kappa shape index (κ1) is 16.1. The number of hydrogen-bond acceptors (Lipinski definition) is 2. The lowest BCUT2D eigenvalue weighted by Crippen LogP contribution is -2.30. The quantitative estimate of drug-likeness (QED) is 0.888. The van der Waals surface area contributed by atoms with Crippen LogP contribution in [-0.2, 0) is 11.3 Å². The molecular weight excluding hydrogens is 272 g/mol. The Bertz CT molecular complexity index is 649. The van der Waals surface area contributed by atoms with E-state index >= 15 is 0 Å². The molecule has 0 aliphatic rings. The minimum Gasteiger partial charge on any atom is -0.365 e. The Kier molecular flexibility index (Phi) is 5.21. The van der Waals surface area contributed by atoms with Gasteiger partial charge in [-0.15, -0.1) is 0 Å². The molecule has 0 atom stereocenters. The van der Waals surface area contributed by atoms with Gasteiger partial charge in [0, 0.05) is 30.9 Å². The molecule has 0 aliphatic carbocycles. The molecule has 0 fully saturated rings. The van der Waals surface area contributed by atoms with E-state index in [2.05, 4.69) is 61.3 Å². The number of aryl methyl sites for hydroxylation is 1. The Morgan fingerprint density at radius 2 is 1.86 bits per heavy atom.